The number of aromatic hydroxyl groups is 1. The molecular weight excluding hydrogens is 252 g/mol. The number of amides is 1. The van der Waals surface area contributed by atoms with Gasteiger partial charge in [-0.3, -0.25) is 4.79 Å². The van der Waals surface area contributed by atoms with E-state index in [9.17, 15) is 9.90 Å². The Hall–Kier alpha value is -2.49. The molecule has 2 rings (SSSR count). The molecule has 2 aromatic rings. The van der Waals surface area contributed by atoms with Crippen molar-refractivity contribution in [2.24, 2.45) is 0 Å². The van der Waals surface area contributed by atoms with Crippen LogP contribution in [0, 0.1) is 6.92 Å². The summed E-state index contributed by atoms with van der Waals surface area (Å²) in [4.78, 5) is 12.2. The lowest BCUT2D eigenvalue weighted by molar-refractivity contribution is 0.0939. The van der Waals surface area contributed by atoms with Crippen LogP contribution < -0.4 is 11.1 Å². The molecule has 0 saturated heterocycles. The Labute approximate surface area is 118 Å². The molecule has 0 aliphatic rings. The first-order chi connectivity index (χ1) is 9.50. The van der Waals surface area contributed by atoms with Crippen molar-refractivity contribution >= 4 is 11.6 Å². The van der Waals surface area contributed by atoms with E-state index in [1.54, 1.807) is 31.2 Å². The molecule has 4 N–H and O–H groups in total. The van der Waals surface area contributed by atoms with Crippen LogP contribution in [0.5, 0.6) is 5.75 Å². The molecule has 1 amide bonds. The Morgan fingerprint density at radius 3 is 2.60 bits per heavy atom. The van der Waals surface area contributed by atoms with Gasteiger partial charge in [-0.25, -0.2) is 0 Å². The first kappa shape index (κ1) is 13.9. The fourth-order valence-corrected chi connectivity index (χ4v) is 2.13. The molecule has 4 heteroatoms. The van der Waals surface area contributed by atoms with Crippen molar-refractivity contribution in [3.8, 4) is 5.75 Å². The van der Waals surface area contributed by atoms with E-state index in [1.165, 1.54) is 0 Å². The Bertz CT molecular complexity index is 638. The zero-order chi connectivity index (χ0) is 14.7. The van der Waals surface area contributed by atoms with E-state index in [0.717, 1.165) is 5.56 Å². The van der Waals surface area contributed by atoms with Crippen LogP contribution in [-0.4, -0.2) is 11.0 Å². The SMILES string of the molecule is Cc1c(O)cccc1C(=O)NC(C)c1ccccc1N. The van der Waals surface area contributed by atoms with E-state index in [-0.39, 0.29) is 17.7 Å². The highest BCUT2D eigenvalue weighted by molar-refractivity contribution is 5.96. The third-order valence-electron chi connectivity index (χ3n) is 3.36. The number of para-hydroxylation sites is 1. The molecular formula is C16H18N2O2. The topological polar surface area (TPSA) is 75.3 Å². The maximum Gasteiger partial charge on any atom is 0.252 e. The molecule has 0 heterocycles. The van der Waals surface area contributed by atoms with Gasteiger partial charge < -0.3 is 16.2 Å². The van der Waals surface area contributed by atoms with Gasteiger partial charge in [-0.2, -0.15) is 0 Å². The molecule has 1 atom stereocenters. The summed E-state index contributed by atoms with van der Waals surface area (Å²) in [6, 6.07) is 12.1. The molecule has 0 fully saturated rings. The van der Waals surface area contributed by atoms with E-state index in [1.807, 2.05) is 25.1 Å². The number of hydrogen-bond donors (Lipinski definition) is 3. The number of benzene rings is 2. The van der Waals surface area contributed by atoms with Crippen LogP contribution in [0.2, 0.25) is 0 Å². The van der Waals surface area contributed by atoms with Gasteiger partial charge in [0.15, 0.2) is 0 Å². The molecule has 0 aromatic heterocycles. The maximum atomic E-state index is 12.2. The highest BCUT2D eigenvalue weighted by atomic mass is 16.3. The van der Waals surface area contributed by atoms with Crippen LogP contribution in [0.15, 0.2) is 42.5 Å². The predicted molar refractivity (Wildman–Crippen MR) is 79.6 cm³/mol. The second kappa shape index (κ2) is 5.65. The normalized spacial score (nSPS) is 11.9. The predicted octanol–water partition coefficient (Wildman–Crippen LogP) is 2.77. The van der Waals surface area contributed by atoms with Gasteiger partial charge in [-0.15, -0.1) is 0 Å². The summed E-state index contributed by atoms with van der Waals surface area (Å²) in [5.41, 5.74) is 8.45. The van der Waals surface area contributed by atoms with Crippen molar-refractivity contribution in [2.75, 3.05) is 5.73 Å². The Kier molecular flexibility index (Phi) is 3.94. The fraction of sp³-hybridized carbons (Fsp3) is 0.188. The van der Waals surface area contributed by atoms with Crippen molar-refractivity contribution in [3.63, 3.8) is 0 Å². The summed E-state index contributed by atoms with van der Waals surface area (Å²) in [7, 11) is 0. The summed E-state index contributed by atoms with van der Waals surface area (Å²) in [5.74, 6) is -0.112. The second-order valence-corrected chi connectivity index (χ2v) is 4.77. The number of phenols is 1. The average molecular weight is 270 g/mol. The van der Waals surface area contributed by atoms with Gasteiger partial charge in [-0.05, 0) is 37.6 Å². The molecule has 0 bridgehead atoms. The lowest BCUT2D eigenvalue weighted by Crippen LogP contribution is -2.27. The van der Waals surface area contributed by atoms with Crippen LogP contribution >= 0.6 is 0 Å². The maximum absolute atomic E-state index is 12.2. The lowest BCUT2D eigenvalue weighted by atomic mass is 10.0. The molecule has 20 heavy (non-hydrogen) atoms. The van der Waals surface area contributed by atoms with E-state index in [2.05, 4.69) is 5.32 Å². The molecule has 2 aromatic carbocycles. The van der Waals surface area contributed by atoms with Crippen molar-refractivity contribution in [1.29, 1.82) is 0 Å². The summed E-state index contributed by atoms with van der Waals surface area (Å²) >= 11 is 0. The van der Waals surface area contributed by atoms with Crippen LogP contribution in [0.25, 0.3) is 0 Å². The Balaban J connectivity index is 2.20. The largest absolute Gasteiger partial charge is 0.508 e. The number of hydrogen-bond acceptors (Lipinski definition) is 3. The lowest BCUT2D eigenvalue weighted by Gasteiger charge is -2.17. The molecule has 4 nitrogen and oxygen atoms in total. The standard InChI is InChI=1S/C16H18N2O2/c1-10-12(7-5-9-15(10)19)16(20)18-11(2)13-6-3-4-8-14(13)17/h3-9,11,19H,17H2,1-2H3,(H,18,20). The number of nitrogens with one attached hydrogen (secondary N) is 1. The van der Waals surface area contributed by atoms with Crippen LogP contribution in [0.1, 0.15) is 34.5 Å². The van der Waals surface area contributed by atoms with E-state index >= 15 is 0 Å². The number of carbonyl (C=O) groups is 1. The van der Waals surface area contributed by atoms with Gasteiger partial charge in [0.2, 0.25) is 0 Å². The molecule has 1 unspecified atom stereocenters. The second-order valence-electron chi connectivity index (χ2n) is 4.77. The van der Waals surface area contributed by atoms with Crippen molar-refractivity contribution in [2.45, 2.75) is 19.9 Å². The van der Waals surface area contributed by atoms with Crippen LogP contribution in [0.4, 0.5) is 5.69 Å². The van der Waals surface area contributed by atoms with Crippen LogP contribution in [-0.2, 0) is 0 Å². The molecule has 0 saturated carbocycles. The average Bonchev–Trinajstić information content (AvgIpc) is 2.42. The number of rotatable bonds is 3. The number of anilines is 1. The highest BCUT2D eigenvalue weighted by Crippen LogP contribution is 2.22. The minimum Gasteiger partial charge on any atom is -0.508 e. The van der Waals surface area contributed by atoms with Crippen molar-refractivity contribution < 1.29 is 9.90 Å². The van der Waals surface area contributed by atoms with E-state index in [0.29, 0.717) is 16.8 Å². The van der Waals surface area contributed by atoms with Crippen molar-refractivity contribution in [1.82, 2.24) is 5.32 Å². The Morgan fingerprint density at radius 2 is 1.90 bits per heavy atom. The monoisotopic (exact) mass is 270 g/mol. The zero-order valence-electron chi connectivity index (χ0n) is 11.6. The van der Waals surface area contributed by atoms with Gasteiger partial charge in [0.25, 0.3) is 5.91 Å². The van der Waals surface area contributed by atoms with Crippen molar-refractivity contribution in [3.05, 3.63) is 59.2 Å². The summed E-state index contributed by atoms with van der Waals surface area (Å²) in [5, 5.41) is 12.5. The minimum atomic E-state index is -0.228. The third-order valence-corrected chi connectivity index (χ3v) is 3.36. The number of nitrogens with two attached hydrogens (primary N) is 1. The smallest absolute Gasteiger partial charge is 0.252 e. The van der Waals surface area contributed by atoms with Crippen LogP contribution in [0.3, 0.4) is 0 Å². The minimum absolute atomic E-state index is 0.115. The summed E-state index contributed by atoms with van der Waals surface area (Å²) < 4.78 is 0. The van der Waals surface area contributed by atoms with E-state index < -0.39 is 0 Å². The quantitative estimate of drug-likeness (QED) is 0.751. The van der Waals surface area contributed by atoms with Gasteiger partial charge in [0.1, 0.15) is 5.75 Å². The first-order valence-corrected chi connectivity index (χ1v) is 6.44. The van der Waals surface area contributed by atoms with Gasteiger partial charge in [0, 0.05) is 16.8 Å². The Morgan fingerprint density at radius 1 is 1.20 bits per heavy atom. The molecule has 0 aliphatic heterocycles. The first-order valence-electron chi connectivity index (χ1n) is 6.44. The molecule has 0 radical (unpaired) electrons. The zero-order valence-corrected chi connectivity index (χ0v) is 11.6. The highest BCUT2D eigenvalue weighted by Gasteiger charge is 2.15. The van der Waals surface area contributed by atoms with E-state index in [4.69, 9.17) is 5.73 Å². The van der Waals surface area contributed by atoms with Gasteiger partial charge in [-0.1, -0.05) is 24.3 Å². The number of phenolic OH excluding ortho intramolecular Hbond substituents is 1. The molecule has 104 valence electrons. The third kappa shape index (κ3) is 2.74. The molecule has 0 spiro atoms. The van der Waals surface area contributed by atoms with Gasteiger partial charge in [0.05, 0.1) is 6.04 Å². The summed E-state index contributed by atoms with van der Waals surface area (Å²) in [6.45, 7) is 3.59. The summed E-state index contributed by atoms with van der Waals surface area (Å²) in [6.07, 6.45) is 0. The molecule has 0 aliphatic carbocycles. The number of carbonyl (C=O) groups excluding carboxylic acids is 1. The fourth-order valence-electron chi connectivity index (χ4n) is 2.13. The van der Waals surface area contributed by atoms with Gasteiger partial charge >= 0.3 is 0 Å². The number of nitrogen functional groups attached to an aromatic ring is 1.